The van der Waals surface area contributed by atoms with E-state index in [0.717, 1.165) is 38.1 Å². The van der Waals surface area contributed by atoms with Crippen molar-refractivity contribution in [2.45, 2.75) is 31.5 Å². The molecule has 0 aromatic heterocycles. The van der Waals surface area contributed by atoms with Gasteiger partial charge in [0.05, 0.1) is 5.56 Å². The molecule has 1 aromatic rings. The number of piperidine rings is 1. The lowest BCUT2D eigenvalue weighted by Crippen LogP contribution is -2.43. The topological polar surface area (TPSA) is 21.3 Å². The molecule has 6 heteroatoms. The Morgan fingerprint density at radius 3 is 2.37 bits per heavy atom. The summed E-state index contributed by atoms with van der Waals surface area (Å²) in [5.74, 6) is -1.17. The molecule has 0 amide bonds. The van der Waals surface area contributed by atoms with Crippen LogP contribution >= 0.6 is 0 Å². The van der Waals surface area contributed by atoms with Crippen molar-refractivity contribution in [1.29, 1.82) is 0 Å². The van der Waals surface area contributed by atoms with Gasteiger partial charge in [-0.05, 0) is 45.0 Å². The first-order chi connectivity index (χ1) is 8.80. The molecule has 19 heavy (non-hydrogen) atoms. The number of benzene rings is 1. The monoisotopic (exact) mass is 277 g/mol. The van der Waals surface area contributed by atoms with Crippen LogP contribution in [-0.4, -0.2) is 18.7 Å². The fraction of sp³-hybridized carbons (Fsp3) is 0.538. The van der Waals surface area contributed by atoms with Gasteiger partial charge in [-0.3, -0.25) is 0 Å². The lowest BCUT2D eigenvalue weighted by atomic mass is 9.94. The Morgan fingerprint density at radius 1 is 1.21 bits per heavy atom. The number of halogens is 4. The van der Waals surface area contributed by atoms with Crippen LogP contribution in [0.5, 0.6) is 5.75 Å². The van der Waals surface area contributed by atoms with Crippen LogP contribution in [0.1, 0.15) is 25.3 Å². The molecule has 1 fully saturated rings. The summed E-state index contributed by atoms with van der Waals surface area (Å²) < 4.78 is 56.3. The Morgan fingerprint density at radius 2 is 1.84 bits per heavy atom. The minimum Gasteiger partial charge on any atom is -0.487 e. The average molecular weight is 277 g/mol. The molecular formula is C13H15F4NO. The highest BCUT2D eigenvalue weighted by atomic mass is 19.4. The molecule has 0 aliphatic carbocycles. The fourth-order valence-electron chi connectivity index (χ4n) is 2.13. The highest BCUT2D eigenvalue weighted by Gasteiger charge is 2.35. The lowest BCUT2D eigenvalue weighted by Gasteiger charge is -2.34. The first-order valence-corrected chi connectivity index (χ1v) is 6.07. The first-order valence-electron chi connectivity index (χ1n) is 6.07. The fourth-order valence-corrected chi connectivity index (χ4v) is 2.13. The molecule has 0 unspecified atom stereocenters. The van der Waals surface area contributed by atoms with Gasteiger partial charge in [-0.15, -0.1) is 0 Å². The molecule has 0 atom stereocenters. The van der Waals surface area contributed by atoms with E-state index in [1.807, 2.05) is 6.92 Å². The second-order valence-corrected chi connectivity index (χ2v) is 4.94. The summed E-state index contributed by atoms with van der Waals surface area (Å²) in [5.41, 5.74) is -1.73. The highest BCUT2D eigenvalue weighted by molar-refractivity contribution is 5.31. The molecule has 0 saturated carbocycles. The molecule has 0 radical (unpaired) electrons. The van der Waals surface area contributed by atoms with Gasteiger partial charge >= 0.3 is 6.18 Å². The van der Waals surface area contributed by atoms with E-state index in [9.17, 15) is 17.6 Å². The Labute approximate surface area is 108 Å². The number of ether oxygens (including phenoxy) is 1. The summed E-state index contributed by atoms with van der Waals surface area (Å²) in [6.07, 6.45) is -3.22. The van der Waals surface area contributed by atoms with Crippen molar-refractivity contribution < 1.29 is 22.3 Å². The van der Waals surface area contributed by atoms with Crippen molar-refractivity contribution in [1.82, 2.24) is 5.32 Å². The molecular weight excluding hydrogens is 262 g/mol. The number of hydrogen-bond donors (Lipinski definition) is 1. The van der Waals surface area contributed by atoms with Gasteiger partial charge in [-0.25, -0.2) is 4.39 Å². The lowest BCUT2D eigenvalue weighted by molar-refractivity contribution is -0.140. The van der Waals surface area contributed by atoms with Gasteiger partial charge in [-0.2, -0.15) is 13.2 Å². The van der Waals surface area contributed by atoms with Crippen LogP contribution < -0.4 is 10.1 Å². The molecule has 1 aliphatic rings. The molecule has 1 aliphatic heterocycles. The molecule has 106 valence electrons. The zero-order valence-corrected chi connectivity index (χ0v) is 10.5. The predicted molar refractivity (Wildman–Crippen MR) is 62.5 cm³/mol. The molecule has 1 aromatic carbocycles. The Bertz CT molecular complexity index is 452. The Balaban J connectivity index is 2.16. The third-order valence-corrected chi connectivity index (χ3v) is 3.27. The van der Waals surface area contributed by atoms with Crippen molar-refractivity contribution in [2.75, 3.05) is 13.1 Å². The molecule has 0 bridgehead atoms. The van der Waals surface area contributed by atoms with Crippen LogP contribution in [0.15, 0.2) is 18.2 Å². The summed E-state index contributed by atoms with van der Waals surface area (Å²) in [6.45, 7) is 3.43. The number of nitrogens with one attached hydrogen (secondary N) is 1. The van der Waals surface area contributed by atoms with Crippen LogP contribution in [-0.2, 0) is 6.18 Å². The van der Waals surface area contributed by atoms with E-state index in [2.05, 4.69) is 5.32 Å². The minimum absolute atomic E-state index is 0.134. The van der Waals surface area contributed by atoms with E-state index < -0.39 is 23.2 Å². The van der Waals surface area contributed by atoms with Gasteiger partial charge < -0.3 is 10.1 Å². The number of hydrogen-bond acceptors (Lipinski definition) is 2. The first kappa shape index (κ1) is 14.1. The minimum atomic E-state index is -4.68. The van der Waals surface area contributed by atoms with Crippen molar-refractivity contribution in [3.05, 3.63) is 29.6 Å². The molecule has 1 N–H and O–H groups in total. The van der Waals surface area contributed by atoms with Gasteiger partial charge in [-0.1, -0.05) is 0 Å². The van der Waals surface area contributed by atoms with Crippen LogP contribution in [0, 0.1) is 5.82 Å². The van der Waals surface area contributed by atoms with Crippen molar-refractivity contribution in [3.8, 4) is 5.75 Å². The third kappa shape index (κ3) is 3.37. The average Bonchev–Trinajstić information content (AvgIpc) is 2.27. The van der Waals surface area contributed by atoms with Gasteiger partial charge in [0.2, 0.25) is 0 Å². The number of rotatable bonds is 2. The van der Waals surface area contributed by atoms with E-state index in [4.69, 9.17) is 4.74 Å². The van der Waals surface area contributed by atoms with E-state index in [1.54, 1.807) is 0 Å². The second-order valence-electron chi connectivity index (χ2n) is 4.94. The van der Waals surface area contributed by atoms with Gasteiger partial charge in [0.1, 0.15) is 17.2 Å². The van der Waals surface area contributed by atoms with Crippen LogP contribution in [0.4, 0.5) is 17.6 Å². The summed E-state index contributed by atoms with van der Waals surface area (Å²) in [4.78, 5) is 0. The number of alkyl halides is 3. The van der Waals surface area contributed by atoms with Crippen LogP contribution in [0.3, 0.4) is 0 Å². The van der Waals surface area contributed by atoms with Crippen molar-refractivity contribution in [2.24, 2.45) is 0 Å². The van der Waals surface area contributed by atoms with E-state index in [1.165, 1.54) is 6.07 Å². The Kier molecular flexibility index (Phi) is 3.71. The van der Waals surface area contributed by atoms with Crippen LogP contribution in [0.2, 0.25) is 0 Å². The zero-order chi connectivity index (χ0) is 14.1. The van der Waals surface area contributed by atoms with E-state index in [0.29, 0.717) is 0 Å². The normalized spacial score (nSPS) is 19.2. The van der Waals surface area contributed by atoms with Gasteiger partial charge in [0.25, 0.3) is 0 Å². The second kappa shape index (κ2) is 5.00. The van der Waals surface area contributed by atoms with Crippen molar-refractivity contribution in [3.63, 3.8) is 0 Å². The predicted octanol–water partition coefficient (Wildman–Crippen LogP) is 3.37. The SMILES string of the molecule is CC1(Oc2ccc(C(F)(F)F)c(F)c2)CCNCC1. The van der Waals surface area contributed by atoms with Crippen LogP contribution in [0.25, 0.3) is 0 Å². The summed E-state index contributed by atoms with van der Waals surface area (Å²) >= 11 is 0. The smallest absolute Gasteiger partial charge is 0.419 e. The van der Waals surface area contributed by atoms with E-state index >= 15 is 0 Å². The molecule has 2 nitrogen and oxygen atoms in total. The maximum Gasteiger partial charge on any atom is 0.419 e. The molecule has 2 rings (SSSR count). The summed E-state index contributed by atoms with van der Waals surface area (Å²) in [5, 5.41) is 3.16. The zero-order valence-electron chi connectivity index (χ0n) is 10.5. The maximum absolute atomic E-state index is 13.4. The Hall–Kier alpha value is -1.30. The largest absolute Gasteiger partial charge is 0.487 e. The summed E-state index contributed by atoms with van der Waals surface area (Å²) in [6, 6.07) is 2.68. The standard InChI is InChI=1S/C13H15F4NO/c1-12(4-6-18-7-5-12)19-9-2-3-10(11(14)8-9)13(15,16)17/h2-3,8,18H,4-7H2,1H3. The third-order valence-electron chi connectivity index (χ3n) is 3.27. The highest BCUT2D eigenvalue weighted by Crippen LogP contribution is 2.34. The molecule has 1 saturated heterocycles. The van der Waals surface area contributed by atoms with Gasteiger partial charge in [0, 0.05) is 6.07 Å². The van der Waals surface area contributed by atoms with Gasteiger partial charge in [0.15, 0.2) is 0 Å². The maximum atomic E-state index is 13.4. The molecule has 0 spiro atoms. The quantitative estimate of drug-likeness (QED) is 0.837. The molecule has 1 heterocycles. The summed E-state index contributed by atoms with van der Waals surface area (Å²) in [7, 11) is 0. The van der Waals surface area contributed by atoms with E-state index in [-0.39, 0.29) is 5.75 Å². The van der Waals surface area contributed by atoms with Crippen molar-refractivity contribution >= 4 is 0 Å².